The van der Waals surface area contributed by atoms with E-state index in [1.807, 2.05) is 6.07 Å². The van der Waals surface area contributed by atoms with Gasteiger partial charge in [0.1, 0.15) is 5.52 Å². The molecule has 0 aliphatic carbocycles. The molecule has 4 nitrogen and oxygen atoms in total. The van der Waals surface area contributed by atoms with E-state index < -0.39 is 0 Å². The second kappa shape index (κ2) is 8.42. The van der Waals surface area contributed by atoms with Gasteiger partial charge in [0.2, 0.25) is 5.95 Å². The number of benzene rings is 2. The number of imidazole rings is 1. The summed E-state index contributed by atoms with van der Waals surface area (Å²) in [6.07, 6.45) is 0. The summed E-state index contributed by atoms with van der Waals surface area (Å²) >= 11 is 11.0. The normalized spacial score (nSPS) is 11.5. The number of halogens is 3. The lowest BCUT2D eigenvalue weighted by molar-refractivity contribution is 0.411. The number of aromatic nitrogens is 2. The van der Waals surface area contributed by atoms with Gasteiger partial charge in [-0.2, -0.15) is 0 Å². The molecule has 0 aliphatic rings. The van der Waals surface area contributed by atoms with Gasteiger partial charge in [0.15, 0.2) is 0 Å². The highest BCUT2D eigenvalue weighted by Gasteiger charge is 2.19. The molecule has 0 amide bonds. The van der Waals surface area contributed by atoms with E-state index in [-0.39, 0.29) is 0 Å². The van der Waals surface area contributed by atoms with E-state index in [1.54, 1.807) is 0 Å². The van der Waals surface area contributed by atoms with Gasteiger partial charge < -0.3 is 14.8 Å². The van der Waals surface area contributed by atoms with Crippen molar-refractivity contribution in [3.8, 4) is 0 Å². The molecular formula is C19H21Br3N4. The first kappa shape index (κ1) is 19.9. The first-order valence-corrected chi connectivity index (χ1v) is 10.7. The summed E-state index contributed by atoms with van der Waals surface area (Å²) in [5.74, 6) is 0.879. The fourth-order valence-corrected chi connectivity index (χ4v) is 4.49. The molecule has 3 aromatic rings. The summed E-state index contributed by atoms with van der Waals surface area (Å²) in [5, 5.41) is 0. The monoisotopic (exact) mass is 542 g/mol. The molecule has 0 bridgehead atoms. The standard InChI is InChI=1S/C19H21Br3N4/c1-12-14(20)16(22)18-17(15(12)21)23-19(24-18)26(10-9-25(2)3)11-13-7-5-4-6-8-13/h4-8H,9-11H2,1-3H3,(H,23,24). The van der Waals surface area contributed by atoms with Crippen molar-refractivity contribution < 1.29 is 0 Å². The lowest BCUT2D eigenvalue weighted by Crippen LogP contribution is -2.32. The molecule has 0 spiro atoms. The number of rotatable bonds is 6. The zero-order chi connectivity index (χ0) is 18.8. The molecule has 2 aromatic carbocycles. The fourth-order valence-electron chi connectivity index (χ4n) is 2.76. The van der Waals surface area contributed by atoms with Crippen LogP contribution in [0.15, 0.2) is 43.7 Å². The second-order valence-corrected chi connectivity index (χ2v) is 8.94. The van der Waals surface area contributed by atoms with Crippen LogP contribution in [0, 0.1) is 6.92 Å². The molecule has 1 aromatic heterocycles. The lowest BCUT2D eigenvalue weighted by Gasteiger charge is -2.24. The molecule has 1 heterocycles. The Morgan fingerprint density at radius 3 is 2.31 bits per heavy atom. The zero-order valence-corrected chi connectivity index (χ0v) is 19.7. The van der Waals surface area contributed by atoms with Crippen molar-refractivity contribution in [3.05, 3.63) is 54.9 Å². The summed E-state index contributed by atoms with van der Waals surface area (Å²) in [6, 6.07) is 10.5. The predicted molar refractivity (Wildman–Crippen MR) is 120 cm³/mol. The molecule has 7 heteroatoms. The molecule has 1 N–H and O–H groups in total. The smallest absolute Gasteiger partial charge is 0.204 e. The van der Waals surface area contributed by atoms with E-state index in [9.17, 15) is 0 Å². The minimum atomic E-state index is 0.809. The molecule has 0 saturated heterocycles. The van der Waals surface area contributed by atoms with E-state index in [0.29, 0.717) is 0 Å². The SMILES string of the molecule is Cc1c(Br)c(Br)c2nc(N(CCN(C)C)Cc3ccccc3)[nH]c2c1Br. The van der Waals surface area contributed by atoms with Crippen LogP contribution in [0.4, 0.5) is 5.95 Å². The first-order valence-electron chi connectivity index (χ1n) is 8.35. The minimum Gasteiger partial charge on any atom is -0.337 e. The second-order valence-electron chi connectivity index (χ2n) is 6.56. The average molecular weight is 545 g/mol. The van der Waals surface area contributed by atoms with E-state index in [0.717, 1.165) is 55.6 Å². The third-order valence-corrected chi connectivity index (χ3v) is 7.59. The Balaban J connectivity index is 2.02. The van der Waals surface area contributed by atoms with Crippen molar-refractivity contribution in [2.45, 2.75) is 13.5 Å². The summed E-state index contributed by atoms with van der Waals surface area (Å²) in [5.41, 5.74) is 4.34. The number of likely N-dealkylation sites (N-methyl/N-ethyl adjacent to an activating group) is 1. The van der Waals surface area contributed by atoms with E-state index in [1.165, 1.54) is 5.56 Å². The molecular weight excluding hydrogens is 524 g/mol. The average Bonchev–Trinajstić information content (AvgIpc) is 3.08. The summed E-state index contributed by atoms with van der Waals surface area (Å²) in [7, 11) is 4.18. The third-order valence-electron chi connectivity index (χ3n) is 4.30. The zero-order valence-electron chi connectivity index (χ0n) is 15.0. The molecule has 26 heavy (non-hydrogen) atoms. The van der Waals surface area contributed by atoms with Gasteiger partial charge in [-0.1, -0.05) is 30.3 Å². The van der Waals surface area contributed by atoms with Crippen LogP contribution in [0.1, 0.15) is 11.1 Å². The number of H-pyrrole nitrogens is 1. The van der Waals surface area contributed by atoms with Gasteiger partial charge in [-0.05, 0) is 79.9 Å². The van der Waals surface area contributed by atoms with Crippen LogP contribution in [0.25, 0.3) is 11.0 Å². The number of nitrogens with zero attached hydrogens (tertiary/aromatic N) is 3. The Hall–Kier alpha value is -0.890. The van der Waals surface area contributed by atoms with Crippen molar-refractivity contribution in [1.29, 1.82) is 0 Å². The number of hydrogen-bond donors (Lipinski definition) is 1. The Morgan fingerprint density at radius 2 is 1.65 bits per heavy atom. The highest BCUT2D eigenvalue weighted by atomic mass is 79.9. The lowest BCUT2D eigenvalue weighted by atomic mass is 10.2. The summed E-state index contributed by atoms with van der Waals surface area (Å²) < 4.78 is 3.04. The Morgan fingerprint density at radius 1 is 0.962 bits per heavy atom. The van der Waals surface area contributed by atoms with Gasteiger partial charge in [-0.25, -0.2) is 4.98 Å². The Labute approximate surface area is 179 Å². The van der Waals surface area contributed by atoms with Crippen molar-refractivity contribution >= 4 is 64.8 Å². The van der Waals surface area contributed by atoms with Crippen LogP contribution < -0.4 is 4.90 Å². The molecule has 0 aliphatic heterocycles. The van der Waals surface area contributed by atoms with Crippen molar-refractivity contribution in [3.63, 3.8) is 0 Å². The maximum Gasteiger partial charge on any atom is 0.204 e. The van der Waals surface area contributed by atoms with Crippen molar-refractivity contribution in [2.75, 3.05) is 32.1 Å². The number of fused-ring (bicyclic) bond motifs is 1. The quantitative estimate of drug-likeness (QED) is 0.403. The molecule has 0 radical (unpaired) electrons. The Kier molecular flexibility index (Phi) is 6.43. The van der Waals surface area contributed by atoms with E-state index in [4.69, 9.17) is 4.98 Å². The number of aromatic amines is 1. The molecule has 0 saturated carbocycles. The summed E-state index contributed by atoms with van der Waals surface area (Å²) in [6.45, 7) is 4.72. The van der Waals surface area contributed by atoms with Gasteiger partial charge in [-0.15, -0.1) is 0 Å². The van der Waals surface area contributed by atoms with Crippen LogP contribution in [-0.4, -0.2) is 42.1 Å². The Bertz CT molecular complexity index is 861. The maximum absolute atomic E-state index is 4.89. The first-order chi connectivity index (χ1) is 12.4. The van der Waals surface area contributed by atoms with Crippen LogP contribution in [-0.2, 0) is 6.54 Å². The van der Waals surface area contributed by atoms with Crippen molar-refractivity contribution in [1.82, 2.24) is 14.9 Å². The van der Waals surface area contributed by atoms with Gasteiger partial charge in [0, 0.05) is 28.6 Å². The van der Waals surface area contributed by atoms with Crippen LogP contribution in [0.3, 0.4) is 0 Å². The van der Waals surface area contributed by atoms with E-state index in [2.05, 4.69) is 108 Å². The third kappa shape index (κ3) is 4.16. The number of hydrogen-bond acceptors (Lipinski definition) is 3. The van der Waals surface area contributed by atoms with E-state index >= 15 is 0 Å². The van der Waals surface area contributed by atoms with Gasteiger partial charge in [0.05, 0.1) is 9.99 Å². The maximum atomic E-state index is 4.89. The van der Waals surface area contributed by atoms with Crippen LogP contribution >= 0.6 is 47.8 Å². The highest BCUT2D eigenvalue weighted by Crippen LogP contribution is 2.40. The molecule has 138 valence electrons. The minimum absolute atomic E-state index is 0.809. The van der Waals surface area contributed by atoms with Crippen LogP contribution in [0.2, 0.25) is 0 Å². The molecule has 0 fully saturated rings. The molecule has 3 rings (SSSR count). The van der Waals surface area contributed by atoms with Gasteiger partial charge in [-0.3, -0.25) is 0 Å². The number of anilines is 1. The van der Waals surface area contributed by atoms with Crippen molar-refractivity contribution in [2.24, 2.45) is 0 Å². The molecule has 0 atom stereocenters. The highest BCUT2D eigenvalue weighted by molar-refractivity contribution is 9.13. The van der Waals surface area contributed by atoms with Gasteiger partial charge >= 0.3 is 0 Å². The number of nitrogens with one attached hydrogen (secondary N) is 1. The summed E-state index contributed by atoms with van der Waals surface area (Å²) in [4.78, 5) is 12.9. The largest absolute Gasteiger partial charge is 0.337 e. The fraction of sp³-hybridized carbons (Fsp3) is 0.316. The van der Waals surface area contributed by atoms with Gasteiger partial charge in [0.25, 0.3) is 0 Å². The topological polar surface area (TPSA) is 35.2 Å². The van der Waals surface area contributed by atoms with Crippen LogP contribution in [0.5, 0.6) is 0 Å². The predicted octanol–water partition coefficient (Wildman–Crippen LogP) is 5.73. The molecule has 0 unspecified atom stereocenters.